The molecule has 0 saturated heterocycles. The summed E-state index contributed by atoms with van der Waals surface area (Å²) < 4.78 is 5.28. The number of nitrogen functional groups attached to an aromatic ring is 1. The number of nitrogens with two attached hydrogens (primary N) is 1. The molecule has 1 unspecified atom stereocenters. The average molecular weight is 424 g/mol. The number of ether oxygens (including phenoxy) is 1. The van der Waals surface area contributed by atoms with Crippen LogP contribution in [0.5, 0.6) is 0 Å². The minimum Gasteiger partial charge on any atom is -0.444 e. The van der Waals surface area contributed by atoms with E-state index in [1.54, 1.807) is 51.1 Å². The van der Waals surface area contributed by atoms with Gasteiger partial charge in [0.1, 0.15) is 23.2 Å². The predicted molar refractivity (Wildman–Crippen MR) is 123 cm³/mol. The molecule has 31 heavy (non-hydrogen) atoms. The number of pyridine rings is 1. The van der Waals surface area contributed by atoms with Gasteiger partial charge in [0, 0.05) is 31.9 Å². The van der Waals surface area contributed by atoms with Gasteiger partial charge >= 0.3 is 6.09 Å². The lowest BCUT2D eigenvalue weighted by atomic mass is 10.1. The molecule has 1 aromatic carbocycles. The molecule has 0 spiro atoms. The van der Waals surface area contributed by atoms with Gasteiger partial charge in [0.25, 0.3) is 0 Å². The number of carbonyl (C=O) groups is 2. The molecule has 0 radical (unpaired) electrons. The van der Waals surface area contributed by atoms with Crippen molar-refractivity contribution in [2.45, 2.75) is 38.8 Å². The molecule has 0 aliphatic rings. The highest BCUT2D eigenvalue weighted by atomic mass is 16.6. The molecule has 0 saturated carbocycles. The van der Waals surface area contributed by atoms with Gasteiger partial charge in [-0.1, -0.05) is 12.0 Å². The molecule has 0 fully saturated rings. The number of aromatic nitrogens is 1. The van der Waals surface area contributed by atoms with E-state index in [0.29, 0.717) is 17.2 Å². The molecular formula is C23H29N5O3. The normalized spacial score (nSPS) is 11.5. The Hall–Kier alpha value is -3.73. The Bertz CT molecular complexity index is 969. The third-order valence-electron chi connectivity index (χ3n) is 3.95. The SMILES string of the molecule is CN(C)c1ccc(NC(=O)C(CC#Cc2cccc(N)n2)NC(=O)OC(C)(C)C)cc1. The molecule has 4 N–H and O–H groups in total. The summed E-state index contributed by atoms with van der Waals surface area (Å²) in [5, 5.41) is 5.39. The molecule has 8 heteroatoms. The van der Waals surface area contributed by atoms with E-state index in [4.69, 9.17) is 10.5 Å². The van der Waals surface area contributed by atoms with Gasteiger partial charge in [0.05, 0.1) is 0 Å². The van der Waals surface area contributed by atoms with Gasteiger partial charge in [0.2, 0.25) is 5.91 Å². The highest BCUT2D eigenvalue weighted by Crippen LogP contribution is 2.16. The topological polar surface area (TPSA) is 110 Å². The van der Waals surface area contributed by atoms with Gasteiger partial charge in [-0.15, -0.1) is 0 Å². The van der Waals surface area contributed by atoms with Crippen LogP contribution in [0.3, 0.4) is 0 Å². The Balaban J connectivity index is 2.13. The lowest BCUT2D eigenvalue weighted by Gasteiger charge is -2.22. The Kier molecular flexibility index (Phi) is 7.86. The van der Waals surface area contributed by atoms with E-state index in [1.807, 2.05) is 31.1 Å². The van der Waals surface area contributed by atoms with Crippen LogP contribution in [-0.4, -0.2) is 42.7 Å². The number of nitrogens with zero attached hydrogens (tertiary/aromatic N) is 2. The maximum Gasteiger partial charge on any atom is 0.408 e. The van der Waals surface area contributed by atoms with Crippen molar-refractivity contribution in [3.63, 3.8) is 0 Å². The van der Waals surface area contributed by atoms with Crippen LogP contribution in [0.1, 0.15) is 32.9 Å². The molecular weight excluding hydrogens is 394 g/mol. The first-order valence-corrected chi connectivity index (χ1v) is 9.82. The molecule has 1 aromatic heterocycles. The average Bonchev–Trinajstić information content (AvgIpc) is 2.66. The molecule has 164 valence electrons. The van der Waals surface area contributed by atoms with Gasteiger partial charge in [-0.05, 0) is 63.1 Å². The predicted octanol–water partition coefficient (Wildman–Crippen LogP) is 3.00. The van der Waals surface area contributed by atoms with Gasteiger partial charge < -0.3 is 26.0 Å². The van der Waals surface area contributed by atoms with Crippen LogP contribution < -0.4 is 21.3 Å². The quantitative estimate of drug-likeness (QED) is 0.638. The molecule has 8 nitrogen and oxygen atoms in total. The summed E-state index contributed by atoms with van der Waals surface area (Å²) in [7, 11) is 3.87. The lowest BCUT2D eigenvalue weighted by Crippen LogP contribution is -2.45. The molecule has 2 amide bonds. The van der Waals surface area contributed by atoms with Crippen molar-refractivity contribution >= 4 is 29.2 Å². The second-order valence-corrected chi connectivity index (χ2v) is 8.08. The third-order valence-corrected chi connectivity index (χ3v) is 3.95. The van der Waals surface area contributed by atoms with E-state index in [2.05, 4.69) is 27.5 Å². The minimum atomic E-state index is -0.920. The van der Waals surface area contributed by atoms with Crippen LogP contribution in [0.25, 0.3) is 0 Å². The van der Waals surface area contributed by atoms with E-state index in [-0.39, 0.29) is 6.42 Å². The van der Waals surface area contributed by atoms with Gasteiger partial charge in [0.15, 0.2) is 0 Å². The molecule has 1 heterocycles. The number of hydrogen-bond acceptors (Lipinski definition) is 6. The summed E-state index contributed by atoms with van der Waals surface area (Å²) in [5.41, 5.74) is 7.06. The molecule has 2 aromatic rings. The van der Waals surface area contributed by atoms with Crippen LogP contribution in [0.15, 0.2) is 42.5 Å². The Morgan fingerprint density at radius 3 is 2.42 bits per heavy atom. The standard InChI is InChI=1S/C23H29N5O3/c1-23(2,3)31-22(30)27-19(10-6-8-16-9-7-11-20(24)25-16)21(29)26-17-12-14-18(15-13-17)28(4)5/h7,9,11-15,19H,10H2,1-5H3,(H2,24,25)(H,26,29)(H,27,30). The maximum absolute atomic E-state index is 12.8. The fraction of sp³-hybridized carbons (Fsp3) is 0.348. The Morgan fingerprint density at radius 1 is 1.16 bits per heavy atom. The van der Waals surface area contributed by atoms with Crippen LogP contribution in [0.2, 0.25) is 0 Å². The molecule has 2 rings (SSSR count). The van der Waals surface area contributed by atoms with Crippen LogP contribution in [0, 0.1) is 11.8 Å². The maximum atomic E-state index is 12.8. The van der Waals surface area contributed by atoms with Crippen molar-refractivity contribution in [1.29, 1.82) is 0 Å². The number of benzene rings is 1. The number of carbonyl (C=O) groups excluding carboxylic acids is 2. The summed E-state index contributed by atoms with van der Waals surface area (Å²) in [5.74, 6) is 5.69. The monoisotopic (exact) mass is 423 g/mol. The number of nitrogens with one attached hydrogen (secondary N) is 2. The van der Waals surface area contributed by atoms with Gasteiger partial charge in [-0.2, -0.15) is 0 Å². The first-order valence-electron chi connectivity index (χ1n) is 9.82. The zero-order valence-electron chi connectivity index (χ0n) is 18.5. The van der Waals surface area contributed by atoms with E-state index < -0.39 is 23.6 Å². The largest absolute Gasteiger partial charge is 0.444 e. The summed E-state index contributed by atoms with van der Waals surface area (Å²) in [6.45, 7) is 5.25. The van der Waals surface area contributed by atoms with Gasteiger partial charge in [-0.3, -0.25) is 4.79 Å². The summed E-state index contributed by atoms with van der Waals surface area (Å²) in [6.07, 6.45) is -0.628. The fourth-order valence-electron chi connectivity index (χ4n) is 2.50. The number of rotatable bonds is 5. The second-order valence-electron chi connectivity index (χ2n) is 8.08. The van der Waals surface area contributed by atoms with E-state index in [0.717, 1.165) is 5.69 Å². The Labute approximate surface area is 183 Å². The highest BCUT2D eigenvalue weighted by molar-refractivity contribution is 5.96. The fourth-order valence-corrected chi connectivity index (χ4v) is 2.50. The second kappa shape index (κ2) is 10.3. The van der Waals surface area contributed by atoms with E-state index in [1.165, 1.54) is 0 Å². The molecule has 0 aliphatic heterocycles. The molecule has 0 aliphatic carbocycles. The van der Waals surface area contributed by atoms with Crippen molar-refractivity contribution in [3.8, 4) is 11.8 Å². The first kappa shape index (κ1) is 23.5. The Morgan fingerprint density at radius 2 is 1.84 bits per heavy atom. The number of anilines is 3. The van der Waals surface area contributed by atoms with Crippen LogP contribution >= 0.6 is 0 Å². The van der Waals surface area contributed by atoms with Crippen molar-refractivity contribution < 1.29 is 14.3 Å². The van der Waals surface area contributed by atoms with Crippen molar-refractivity contribution in [2.75, 3.05) is 30.0 Å². The number of amides is 2. The zero-order valence-corrected chi connectivity index (χ0v) is 18.5. The third kappa shape index (κ3) is 8.26. The highest BCUT2D eigenvalue weighted by Gasteiger charge is 2.24. The smallest absolute Gasteiger partial charge is 0.408 e. The van der Waals surface area contributed by atoms with Gasteiger partial charge in [-0.25, -0.2) is 9.78 Å². The van der Waals surface area contributed by atoms with Crippen molar-refractivity contribution in [3.05, 3.63) is 48.2 Å². The number of hydrogen-bond donors (Lipinski definition) is 3. The van der Waals surface area contributed by atoms with Crippen molar-refractivity contribution in [2.24, 2.45) is 0 Å². The van der Waals surface area contributed by atoms with Crippen LogP contribution in [-0.2, 0) is 9.53 Å². The molecule has 1 atom stereocenters. The first-order chi connectivity index (χ1) is 14.5. The van der Waals surface area contributed by atoms with E-state index in [9.17, 15) is 9.59 Å². The number of alkyl carbamates (subject to hydrolysis) is 1. The van der Waals surface area contributed by atoms with E-state index >= 15 is 0 Å². The zero-order chi connectivity index (χ0) is 23.0. The van der Waals surface area contributed by atoms with Crippen LogP contribution in [0.4, 0.5) is 22.0 Å². The minimum absolute atomic E-state index is 0.0668. The summed E-state index contributed by atoms with van der Waals surface area (Å²) in [4.78, 5) is 31.1. The van der Waals surface area contributed by atoms with Crippen molar-refractivity contribution in [1.82, 2.24) is 10.3 Å². The lowest BCUT2D eigenvalue weighted by molar-refractivity contribution is -0.118. The summed E-state index contributed by atoms with van der Waals surface area (Å²) >= 11 is 0. The molecule has 0 bridgehead atoms. The summed E-state index contributed by atoms with van der Waals surface area (Å²) in [6, 6.07) is 11.6.